The summed E-state index contributed by atoms with van der Waals surface area (Å²) in [4.78, 5) is 0. The third-order valence-electron chi connectivity index (χ3n) is 9.58. The van der Waals surface area contributed by atoms with E-state index in [0.717, 1.165) is 32.2 Å². The first-order valence-corrected chi connectivity index (χ1v) is 11.6. The van der Waals surface area contributed by atoms with Crippen LogP contribution >= 0.6 is 0 Å². The molecule has 0 amide bonds. The van der Waals surface area contributed by atoms with Gasteiger partial charge in [0.2, 0.25) is 0 Å². The zero-order chi connectivity index (χ0) is 21.7. The lowest BCUT2D eigenvalue weighted by Crippen LogP contribution is -2.75. The molecule has 2 aliphatic carbocycles. The zero-order valence-electron chi connectivity index (χ0n) is 19.2. The van der Waals surface area contributed by atoms with Crippen LogP contribution in [0.2, 0.25) is 0 Å². The van der Waals surface area contributed by atoms with Crippen LogP contribution in [0, 0.1) is 17.3 Å². The molecule has 2 aliphatic heterocycles. The van der Waals surface area contributed by atoms with E-state index in [1.54, 1.807) is 13.2 Å². The summed E-state index contributed by atoms with van der Waals surface area (Å²) in [5.74, 6) is 1.16. The van der Waals surface area contributed by atoms with Gasteiger partial charge in [-0.1, -0.05) is 33.8 Å². The first-order valence-electron chi connectivity index (χ1n) is 11.6. The topological polar surface area (TPSA) is 71.0 Å². The number of methoxy groups -OCH3 is 1. The predicted octanol–water partition coefficient (Wildman–Crippen LogP) is 3.54. The molecule has 166 valence electrons. The van der Waals surface area contributed by atoms with E-state index < -0.39 is 11.2 Å². The van der Waals surface area contributed by atoms with Crippen molar-refractivity contribution >= 4 is 0 Å². The van der Waals surface area contributed by atoms with Gasteiger partial charge in [-0.3, -0.25) is 0 Å². The minimum Gasteiger partial charge on any atom is -0.504 e. The van der Waals surface area contributed by atoms with Gasteiger partial charge in [0.05, 0.1) is 5.60 Å². The fourth-order valence-electron chi connectivity index (χ4n) is 7.60. The summed E-state index contributed by atoms with van der Waals surface area (Å²) in [6, 6.07) is 4.22. The highest BCUT2D eigenvalue weighted by Crippen LogP contribution is 2.68. The van der Waals surface area contributed by atoms with E-state index in [4.69, 9.17) is 9.47 Å². The van der Waals surface area contributed by atoms with Crippen LogP contribution < -0.4 is 10.1 Å². The van der Waals surface area contributed by atoms with E-state index in [9.17, 15) is 10.2 Å². The minimum absolute atomic E-state index is 0.0801. The number of ether oxygens (including phenoxy) is 2. The van der Waals surface area contributed by atoms with Gasteiger partial charge in [0, 0.05) is 30.0 Å². The van der Waals surface area contributed by atoms with Crippen LogP contribution in [0.15, 0.2) is 12.1 Å². The van der Waals surface area contributed by atoms with Crippen LogP contribution in [0.25, 0.3) is 0 Å². The Morgan fingerprint density at radius 1 is 1.27 bits per heavy atom. The second-order valence-corrected chi connectivity index (χ2v) is 11.3. The summed E-state index contributed by atoms with van der Waals surface area (Å²) in [6.45, 7) is 11.4. The van der Waals surface area contributed by atoms with Gasteiger partial charge in [-0.15, -0.1) is 0 Å². The van der Waals surface area contributed by atoms with Crippen molar-refractivity contribution in [2.24, 2.45) is 17.3 Å². The maximum Gasteiger partial charge on any atom is 0.165 e. The maximum absolute atomic E-state index is 11.9. The quantitative estimate of drug-likeness (QED) is 0.704. The first kappa shape index (κ1) is 20.6. The minimum atomic E-state index is -0.935. The van der Waals surface area contributed by atoms with Crippen molar-refractivity contribution in [1.82, 2.24) is 5.32 Å². The molecule has 1 saturated carbocycles. The van der Waals surface area contributed by atoms with Gasteiger partial charge in [0.15, 0.2) is 11.5 Å². The normalized spacial score (nSPS) is 41.0. The number of hydrogen-bond acceptors (Lipinski definition) is 5. The highest BCUT2D eigenvalue weighted by Gasteiger charge is 2.73. The SMILES string of the molecule is CC[C@]1(OC)[C@@H]2Oc3c(O)ccc4c3C23CCN[C@H](C4)C3C[C@@H]1[C@](C)(O)C(C)(C)C. The van der Waals surface area contributed by atoms with Crippen LogP contribution in [-0.2, 0) is 16.6 Å². The highest BCUT2D eigenvalue weighted by atomic mass is 16.6. The molecule has 1 saturated heterocycles. The Labute approximate surface area is 180 Å². The molecule has 0 radical (unpaired) electrons. The molecule has 2 heterocycles. The molecule has 2 fully saturated rings. The predicted molar refractivity (Wildman–Crippen MR) is 116 cm³/mol. The van der Waals surface area contributed by atoms with Crippen LogP contribution in [0.4, 0.5) is 0 Å². The Bertz CT molecular complexity index is 869. The molecule has 2 bridgehead atoms. The summed E-state index contributed by atoms with van der Waals surface area (Å²) in [5, 5.41) is 26.5. The first-order chi connectivity index (χ1) is 14.0. The van der Waals surface area contributed by atoms with E-state index in [1.165, 1.54) is 11.1 Å². The number of aromatic hydroxyl groups is 1. The molecule has 7 atom stereocenters. The van der Waals surface area contributed by atoms with Crippen molar-refractivity contribution in [3.8, 4) is 11.5 Å². The van der Waals surface area contributed by atoms with Crippen molar-refractivity contribution in [3.63, 3.8) is 0 Å². The van der Waals surface area contributed by atoms with Gasteiger partial charge in [-0.05, 0) is 62.1 Å². The molecule has 3 N–H and O–H groups in total. The van der Waals surface area contributed by atoms with Crippen molar-refractivity contribution in [2.45, 2.75) is 89.1 Å². The van der Waals surface area contributed by atoms with Crippen LogP contribution in [0.1, 0.15) is 65.0 Å². The third kappa shape index (κ3) is 2.19. The number of benzene rings is 1. The van der Waals surface area contributed by atoms with E-state index >= 15 is 0 Å². The Morgan fingerprint density at radius 3 is 2.63 bits per heavy atom. The average Bonchev–Trinajstić information content (AvgIpc) is 3.03. The molecular weight excluding hydrogens is 378 g/mol. The smallest absolute Gasteiger partial charge is 0.165 e. The molecule has 0 aromatic heterocycles. The lowest BCUT2D eigenvalue weighted by molar-refractivity contribution is -0.252. The van der Waals surface area contributed by atoms with Crippen LogP contribution in [0.3, 0.4) is 0 Å². The van der Waals surface area contributed by atoms with E-state index in [0.29, 0.717) is 17.7 Å². The number of phenols is 1. The molecular formula is C25H37NO4. The number of aliphatic hydroxyl groups is 1. The standard InChI is InChI=1S/C25H37NO4/c1-7-25(29-6)18(23(5,28)22(2,3)4)13-15-16-12-14-8-9-17(27)20-19(14)24(15,10-11-26-16)21(25)30-20/h8-9,15-16,18,21,26-28H,7,10-13H2,1-6H3/t15?,16-,18-,21-,23+,24?,25-/m1/s1. The molecule has 1 aromatic rings. The van der Waals surface area contributed by atoms with Gasteiger partial charge < -0.3 is 25.0 Å². The van der Waals surface area contributed by atoms with Gasteiger partial charge in [-0.2, -0.15) is 0 Å². The lowest BCUT2D eigenvalue weighted by Gasteiger charge is -2.65. The van der Waals surface area contributed by atoms with Gasteiger partial charge in [0.25, 0.3) is 0 Å². The number of nitrogens with one attached hydrogen (secondary N) is 1. The largest absolute Gasteiger partial charge is 0.504 e. The van der Waals surface area contributed by atoms with Gasteiger partial charge >= 0.3 is 0 Å². The van der Waals surface area contributed by atoms with Crippen LogP contribution in [0.5, 0.6) is 11.5 Å². The van der Waals surface area contributed by atoms with Crippen molar-refractivity contribution in [3.05, 3.63) is 23.3 Å². The molecule has 4 aliphatic rings. The van der Waals surface area contributed by atoms with Gasteiger partial charge in [0.1, 0.15) is 11.7 Å². The summed E-state index contributed by atoms with van der Waals surface area (Å²) >= 11 is 0. The number of piperidine rings is 1. The lowest BCUT2D eigenvalue weighted by atomic mass is 9.44. The van der Waals surface area contributed by atoms with Crippen molar-refractivity contribution in [1.29, 1.82) is 0 Å². The second-order valence-electron chi connectivity index (χ2n) is 11.3. The molecule has 1 spiro atoms. The van der Waals surface area contributed by atoms with E-state index in [2.05, 4.69) is 39.1 Å². The Balaban J connectivity index is 1.77. The monoisotopic (exact) mass is 415 g/mol. The van der Waals surface area contributed by atoms with E-state index in [-0.39, 0.29) is 28.6 Å². The molecule has 5 nitrogen and oxygen atoms in total. The molecule has 5 heteroatoms. The van der Waals surface area contributed by atoms with E-state index in [1.807, 2.05) is 6.92 Å². The third-order valence-corrected chi connectivity index (χ3v) is 9.58. The number of hydrogen-bond donors (Lipinski definition) is 3. The Hall–Kier alpha value is -1.30. The fraction of sp³-hybridized carbons (Fsp3) is 0.760. The summed E-state index contributed by atoms with van der Waals surface area (Å²) in [7, 11) is 1.78. The number of rotatable bonds is 3. The zero-order valence-corrected chi connectivity index (χ0v) is 19.2. The summed E-state index contributed by atoms with van der Waals surface area (Å²) < 4.78 is 13.1. The maximum atomic E-state index is 11.9. The van der Waals surface area contributed by atoms with Gasteiger partial charge in [-0.25, -0.2) is 0 Å². The van der Waals surface area contributed by atoms with Crippen LogP contribution in [-0.4, -0.2) is 47.2 Å². The van der Waals surface area contributed by atoms with Crippen molar-refractivity contribution in [2.75, 3.05) is 13.7 Å². The molecule has 1 aromatic carbocycles. The fourth-order valence-corrected chi connectivity index (χ4v) is 7.60. The number of phenolic OH excluding ortho intramolecular Hbond substituents is 1. The second kappa shape index (κ2) is 6.14. The van der Waals surface area contributed by atoms with Crippen molar-refractivity contribution < 1.29 is 19.7 Å². The molecule has 5 rings (SSSR count). The molecule has 2 unspecified atom stereocenters. The molecule has 30 heavy (non-hydrogen) atoms. The Morgan fingerprint density at radius 2 is 2.00 bits per heavy atom. The highest BCUT2D eigenvalue weighted by molar-refractivity contribution is 5.61. The summed E-state index contributed by atoms with van der Waals surface area (Å²) in [5.41, 5.74) is 0.468. The Kier molecular flexibility index (Phi) is 4.22. The summed E-state index contributed by atoms with van der Waals surface area (Å²) in [6.07, 6.45) is 3.34. The average molecular weight is 416 g/mol.